The Balaban J connectivity index is 1.64. The van der Waals surface area contributed by atoms with E-state index in [-0.39, 0.29) is 11.0 Å². The van der Waals surface area contributed by atoms with Crippen molar-refractivity contribution in [3.8, 4) is 5.75 Å². The maximum atomic E-state index is 12.9. The summed E-state index contributed by atoms with van der Waals surface area (Å²) in [7, 11) is 0. The Kier molecular flexibility index (Phi) is 4.97. The number of benzene rings is 3. The second-order valence-electron chi connectivity index (χ2n) is 8.68. The van der Waals surface area contributed by atoms with E-state index in [1.54, 1.807) is 48.5 Å². The molecule has 0 aliphatic carbocycles. The minimum atomic E-state index is -0.548. The zero-order valence-corrected chi connectivity index (χ0v) is 17.9. The highest BCUT2D eigenvalue weighted by Crippen LogP contribution is 2.33. The first-order valence-corrected chi connectivity index (χ1v) is 10.1. The molecule has 5 heteroatoms. The number of anilines is 1. The minimum Gasteiger partial charge on any atom is -0.423 e. The highest BCUT2D eigenvalue weighted by molar-refractivity contribution is 6.34. The topological polar surface area (TPSA) is 63.7 Å². The summed E-state index contributed by atoms with van der Waals surface area (Å²) >= 11 is 0. The van der Waals surface area contributed by atoms with Crippen molar-refractivity contribution in [2.45, 2.75) is 33.1 Å². The Morgan fingerprint density at radius 2 is 1.48 bits per heavy atom. The van der Waals surface area contributed by atoms with E-state index in [1.165, 1.54) is 6.07 Å². The van der Waals surface area contributed by atoms with E-state index in [1.807, 2.05) is 19.1 Å². The predicted molar refractivity (Wildman–Crippen MR) is 119 cm³/mol. The Labute approximate surface area is 181 Å². The molecule has 1 heterocycles. The van der Waals surface area contributed by atoms with Crippen molar-refractivity contribution in [2.75, 3.05) is 4.90 Å². The molecule has 0 aromatic heterocycles. The third kappa shape index (κ3) is 3.75. The molecule has 0 radical (unpaired) electrons. The van der Waals surface area contributed by atoms with Gasteiger partial charge in [0, 0.05) is 5.56 Å². The number of nitrogens with zero attached hydrogens (tertiary/aromatic N) is 1. The van der Waals surface area contributed by atoms with Gasteiger partial charge in [-0.25, -0.2) is 9.69 Å². The molecule has 4 rings (SSSR count). The van der Waals surface area contributed by atoms with Crippen LogP contribution in [0.25, 0.3) is 0 Å². The number of hydrogen-bond donors (Lipinski definition) is 0. The van der Waals surface area contributed by atoms with Gasteiger partial charge in [0.2, 0.25) is 0 Å². The van der Waals surface area contributed by atoms with Crippen LogP contribution >= 0.6 is 0 Å². The summed E-state index contributed by atoms with van der Waals surface area (Å²) in [5.41, 5.74) is 3.11. The Hall–Kier alpha value is -3.73. The van der Waals surface area contributed by atoms with E-state index in [4.69, 9.17) is 4.74 Å². The number of aryl methyl sites for hydroxylation is 1. The zero-order valence-electron chi connectivity index (χ0n) is 17.9. The molecule has 0 fully saturated rings. The van der Waals surface area contributed by atoms with Gasteiger partial charge in [-0.2, -0.15) is 0 Å². The summed E-state index contributed by atoms with van der Waals surface area (Å²) in [4.78, 5) is 39.5. The van der Waals surface area contributed by atoms with Gasteiger partial charge in [0.1, 0.15) is 5.75 Å². The normalized spacial score (nSPS) is 13.4. The molecule has 3 aromatic rings. The third-order valence-corrected chi connectivity index (χ3v) is 5.28. The lowest BCUT2D eigenvalue weighted by Gasteiger charge is -2.23. The minimum absolute atomic E-state index is 0.205. The van der Waals surface area contributed by atoms with Crippen LogP contribution in [0.2, 0.25) is 0 Å². The largest absolute Gasteiger partial charge is 0.423 e. The highest BCUT2D eigenvalue weighted by atomic mass is 16.5. The number of esters is 1. The summed E-state index contributed by atoms with van der Waals surface area (Å²) < 4.78 is 5.72. The first kappa shape index (κ1) is 20.5. The van der Waals surface area contributed by atoms with Crippen molar-refractivity contribution in [1.29, 1.82) is 0 Å². The first-order chi connectivity index (χ1) is 14.7. The molecule has 0 N–H and O–H groups in total. The maximum Gasteiger partial charge on any atom is 0.343 e. The van der Waals surface area contributed by atoms with Crippen LogP contribution in [0, 0.1) is 6.92 Å². The fourth-order valence-electron chi connectivity index (χ4n) is 3.67. The molecule has 156 valence electrons. The lowest BCUT2D eigenvalue weighted by atomic mass is 9.85. The quantitative estimate of drug-likeness (QED) is 0.332. The average Bonchev–Trinajstić information content (AvgIpc) is 2.99. The number of hydrogen-bond acceptors (Lipinski definition) is 4. The summed E-state index contributed by atoms with van der Waals surface area (Å²) in [5, 5.41) is 0. The van der Waals surface area contributed by atoms with Crippen molar-refractivity contribution in [2.24, 2.45) is 0 Å². The molecular weight excluding hydrogens is 390 g/mol. The smallest absolute Gasteiger partial charge is 0.343 e. The van der Waals surface area contributed by atoms with Crippen LogP contribution < -0.4 is 9.64 Å². The van der Waals surface area contributed by atoms with E-state index in [0.29, 0.717) is 22.6 Å². The molecule has 2 amide bonds. The standard InChI is InChI=1S/C26H23NO4/c1-16-12-13-22(21(14-16)26(2,3)4)31-25(30)17-8-7-9-18(15-17)27-23(28)19-10-5-6-11-20(19)24(27)29/h5-15H,1-4H3. The third-order valence-electron chi connectivity index (χ3n) is 5.28. The monoisotopic (exact) mass is 413 g/mol. The van der Waals surface area contributed by atoms with Crippen molar-refractivity contribution < 1.29 is 19.1 Å². The molecule has 0 bridgehead atoms. The van der Waals surface area contributed by atoms with Crippen LogP contribution in [-0.4, -0.2) is 17.8 Å². The van der Waals surface area contributed by atoms with Gasteiger partial charge in [0.05, 0.1) is 22.4 Å². The van der Waals surface area contributed by atoms with Gasteiger partial charge in [0.25, 0.3) is 11.8 Å². The Morgan fingerprint density at radius 3 is 2.10 bits per heavy atom. The molecule has 1 aliphatic rings. The van der Waals surface area contributed by atoms with Gasteiger partial charge in [0.15, 0.2) is 0 Å². The van der Waals surface area contributed by atoms with Gasteiger partial charge >= 0.3 is 5.97 Å². The van der Waals surface area contributed by atoms with Crippen LogP contribution in [-0.2, 0) is 5.41 Å². The molecule has 31 heavy (non-hydrogen) atoms. The van der Waals surface area contributed by atoms with Crippen LogP contribution in [0.4, 0.5) is 5.69 Å². The fraction of sp³-hybridized carbons (Fsp3) is 0.192. The lowest BCUT2D eigenvalue weighted by molar-refractivity contribution is 0.0730. The number of imide groups is 1. The second kappa shape index (κ2) is 7.51. The van der Waals surface area contributed by atoms with E-state index >= 15 is 0 Å². The van der Waals surface area contributed by atoms with Gasteiger partial charge in [-0.3, -0.25) is 9.59 Å². The summed E-state index contributed by atoms with van der Waals surface area (Å²) in [6.07, 6.45) is 0. The molecule has 0 atom stereocenters. The maximum absolute atomic E-state index is 12.9. The summed E-state index contributed by atoms with van der Waals surface area (Å²) in [5.74, 6) is -0.860. The first-order valence-electron chi connectivity index (χ1n) is 10.1. The number of amides is 2. The van der Waals surface area contributed by atoms with Crippen LogP contribution in [0.1, 0.15) is 63.0 Å². The molecule has 0 spiro atoms. The van der Waals surface area contributed by atoms with Gasteiger partial charge in [-0.05, 0) is 48.7 Å². The van der Waals surface area contributed by atoms with Crippen LogP contribution in [0.15, 0.2) is 66.7 Å². The lowest BCUT2D eigenvalue weighted by Crippen LogP contribution is -2.29. The average molecular weight is 413 g/mol. The van der Waals surface area contributed by atoms with Crippen LogP contribution in [0.5, 0.6) is 5.75 Å². The fourth-order valence-corrected chi connectivity index (χ4v) is 3.67. The van der Waals surface area contributed by atoms with Crippen LogP contribution in [0.3, 0.4) is 0 Å². The van der Waals surface area contributed by atoms with Gasteiger partial charge < -0.3 is 4.74 Å². The number of carbonyl (C=O) groups excluding carboxylic acids is 3. The molecule has 0 saturated heterocycles. The SMILES string of the molecule is Cc1ccc(OC(=O)c2cccc(N3C(=O)c4ccccc4C3=O)c2)c(C(C)(C)C)c1. The number of carbonyl (C=O) groups is 3. The summed E-state index contributed by atoms with van der Waals surface area (Å²) in [6.45, 7) is 8.17. The van der Waals surface area contributed by atoms with Crippen molar-refractivity contribution in [3.63, 3.8) is 0 Å². The molecule has 3 aromatic carbocycles. The molecular formula is C26H23NO4. The van der Waals surface area contributed by atoms with E-state index in [9.17, 15) is 14.4 Å². The number of ether oxygens (including phenoxy) is 1. The van der Waals surface area contributed by atoms with E-state index in [0.717, 1.165) is 16.0 Å². The number of rotatable bonds is 3. The van der Waals surface area contributed by atoms with Gasteiger partial charge in [-0.1, -0.05) is 56.7 Å². The summed E-state index contributed by atoms with van der Waals surface area (Å²) in [6, 6.07) is 18.8. The molecule has 1 aliphatic heterocycles. The Morgan fingerprint density at radius 1 is 0.839 bits per heavy atom. The molecule has 5 nitrogen and oxygen atoms in total. The highest BCUT2D eigenvalue weighted by Gasteiger charge is 2.36. The Bertz CT molecular complexity index is 1190. The van der Waals surface area contributed by atoms with E-state index < -0.39 is 17.8 Å². The predicted octanol–water partition coefficient (Wildman–Crippen LogP) is 5.31. The number of fused-ring (bicyclic) bond motifs is 1. The van der Waals surface area contributed by atoms with E-state index in [2.05, 4.69) is 20.8 Å². The molecule has 0 saturated carbocycles. The van der Waals surface area contributed by atoms with Crippen molar-refractivity contribution in [1.82, 2.24) is 0 Å². The second-order valence-corrected chi connectivity index (χ2v) is 8.68. The van der Waals surface area contributed by atoms with Crippen molar-refractivity contribution >= 4 is 23.5 Å². The van der Waals surface area contributed by atoms with Crippen molar-refractivity contribution in [3.05, 3.63) is 94.5 Å². The zero-order chi connectivity index (χ0) is 22.3. The molecule has 0 unspecified atom stereocenters. The van der Waals surface area contributed by atoms with Gasteiger partial charge in [-0.15, -0.1) is 0 Å².